The van der Waals surface area contributed by atoms with E-state index in [0.717, 1.165) is 5.88 Å². The van der Waals surface area contributed by atoms with Gasteiger partial charge in [-0.05, 0) is 13.3 Å². The third-order valence-electron chi connectivity index (χ3n) is 5.18. The summed E-state index contributed by atoms with van der Waals surface area (Å²) >= 11 is 5.67. The van der Waals surface area contributed by atoms with Crippen LogP contribution in [0.5, 0.6) is 0 Å². The fourth-order valence-electron chi connectivity index (χ4n) is 3.35. The quantitative estimate of drug-likeness (QED) is 0.138. The molecule has 0 N–H and O–H groups in total. The zero-order valence-electron chi connectivity index (χ0n) is 18.5. The molecule has 0 aliphatic carbocycles. The van der Waals surface area contributed by atoms with Crippen molar-refractivity contribution >= 4 is 21.8 Å². The first kappa shape index (κ1) is 26.7. The molecule has 27 heavy (non-hydrogen) atoms. The second-order valence-corrected chi connectivity index (χ2v) is 9.38. The minimum absolute atomic E-state index is 0.847. The van der Waals surface area contributed by atoms with E-state index in [1.165, 1.54) is 125 Å². The highest BCUT2D eigenvalue weighted by Gasteiger charge is 1.94. The molecule has 158 valence electrons. The molecule has 0 saturated carbocycles. The number of rotatable bonds is 17. The zero-order valence-corrected chi connectivity index (χ0v) is 21.2. The average Bonchev–Trinajstić information content (AvgIpc) is 2.69. The number of aryl methyl sites for hydroxylation is 1. The van der Waals surface area contributed by atoms with E-state index in [0.29, 0.717) is 0 Å². The van der Waals surface area contributed by atoms with Gasteiger partial charge in [-0.2, -0.15) is 0 Å². The SMILES string of the molecule is Cc1ccccc1.[SiH3]CCCCCCCCCCCCCCCCCCCl. The van der Waals surface area contributed by atoms with Gasteiger partial charge in [0.2, 0.25) is 0 Å². The summed E-state index contributed by atoms with van der Waals surface area (Å²) in [7, 11) is 1.40. The minimum atomic E-state index is 0.847. The predicted molar refractivity (Wildman–Crippen MR) is 131 cm³/mol. The molecule has 0 spiro atoms. The summed E-state index contributed by atoms with van der Waals surface area (Å²) < 4.78 is 0. The highest BCUT2D eigenvalue weighted by atomic mass is 35.5. The summed E-state index contributed by atoms with van der Waals surface area (Å²) in [4.78, 5) is 0. The molecule has 0 bridgehead atoms. The maximum Gasteiger partial charge on any atom is 0.0223 e. The van der Waals surface area contributed by atoms with Gasteiger partial charge in [0, 0.05) is 16.1 Å². The minimum Gasteiger partial charge on any atom is -0.127 e. The Balaban J connectivity index is 0.000000797. The standard InChI is InChI=1S/C18H39ClSi.C7H8/c19-17-15-13-11-9-7-5-3-1-2-4-6-8-10-12-14-16-18-20;1-7-5-3-2-4-6-7/h1-18H2,20H3;2-6H,1H3. The number of halogens is 1. The highest BCUT2D eigenvalue weighted by molar-refractivity contribution is 6.17. The Morgan fingerprint density at radius 3 is 1.15 bits per heavy atom. The van der Waals surface area contributed by atoms with E-state index in [4.69, 9.17) is 11.6 Å². The monoisotopic (exact) mass is 410 g/mol. The molecule has 0 saturated heterocycles. The Kier molecular flexibility index (Phi) is 23.5. The van der Waals surface area contributed by atoms with Crippen molar-refractivity contribution < 1.29 is 0 Å². The van der Waals surface area contributed by atoms with Crippen LogP contribution in [0.25, 0.3) is 0 Å². The second kappa shape index (κ2) is 23.8. The summed E-state index contributed by atoms with van der Waals surface area (Å²) in [5.41, 5.74) is 1.32. The van der Waals surface area contributed by atoms with Gasteiger partial charge in [0.1, 0.15) is 0 Å². The first-order chi connectivity index (χ1) is 13.3. The molecular formula is C25H47ClSi. The molecule has 0 radical (unpaired) electrons. The van der Waals surface area contributed by atoms with Crippen molar-refractivity contribution in [2.45, 2.75) is 116 Å². The smallest absolute Gasteiger partial charge is 0.0223 e. The van der Waals surface area contributed by atoms with Crippen LogP contribution in [0.1, 0.15) is 108 Å². The number of hydrogen-bond donors (Lipinski definition) is 0. The van der Waals surface area contributed by atoms with Crippen molar-refractivity contribution in [3.63, 3.8) is 0 Å². The summed E-state index contributed by atoms with van der Waals surface area (Å²) in [6.07, 6.45) is 23.1. The third kappa shape index (κ3) is 23.7. The Morgan fingerprint density at radius 2 is 0.889 bits per heavy atom. The molecular weight excluding hydrogens is 364 g/mol. The molecule has 0 aliphatic rings. The highest BCUT2D eigenvalue weighted by Crippen LogP contribution is 2.13. The Bertz CT molecular complexity index is 348. The first-order valence-electron chi connectivity index (χ1n) is 11.9. The molecule has 0 heterocycles. The molecule has 1 aromatic rings. The van der Waals surface area contributed by atoms with Crippen LogP contribution < -0.4 is 0 Å². The lowest BCUT2D eigenvalue weighted by Crippen LogP contribution is -1.84. The van der Waals surface area contributed by atoms with Crippen molar-refractivity contribution in [2.24, 2.45) is 0 Å². The van der Waals surface area contributed by atoms with Gasteiger partial charge >= 0.3 is 0 Å². The zero-order chi connectivity index (χ0) is 19.8. The number of alkyl halides is 1. The van der Waals surface area contributed by atoms with E-state index in [1.54, 1.807) is 0 Å². The van der Waals surface area contributed by atoms with Gasteiger partial charge in [0.15, 0.2) is 0 Å². The van der Waals surface area contributed by atoms with Crippen molar-refractivity contribution in [3.8, 4) is 0 Å². The van der Waals surface area contributed by atoms with Crippen LogP contribution in [-0.4, -0.2) is 16.1 Å². The van der Waals surface area contributed by atoms with E-state index in [-0.39, 0.29) is 0 Å². The van der Waals surface area contributed by atoms with E-state index in [2.05, 4.69) is 19.1 Å². The lowest BCUT2D eigenvalue weighted by Gasteiger charge is -2.03. The summed E-state index contributed by atoms with van der Waals surface area (Å²) in [6, 6.07) is 11.8. The number of hydrogen-bond acceptors (Lipinski definition) is 0. The fourth-order valence-corrected chi connectivity index (χ4v) is 4.04. The van der Waals surface area contributed by atoms with Crippen LogP contribution in [0.2, 0.25) is 6.04 Å². The average molecular weight is 411 g/mol. The maximum absolute atomic E-state index is 5.67. The number of benzene rings is 1. The molecule has 0 aliphatic heterocycles. The van der Waals surface area contributed by atoms with Gasteiger partial charge in [0.05, 0.1) is 0 Å². The van der Waals surface area contributed by atoms with Crippen LogP contribution in [0.4, 0.5) is 0 Å². The molecule has 0 nitrogen and oxygen atoms in total. The molecule has 0 atom stereocenters. The molecule has 0 amide bonds. The van der Waals surface area contributed by atoms with E-state index >= 15 is 0 Å². The van der Waals surface area contributed by atoms with E-state index in [9.17, 15) is 0 Å². The van der Waals surface area contributed by atoms with Crippen LogP contribution >= 0.6 is 11.6 Å². The Morgan fingerprint density at radius 1 is 0.556 bits per heavy atom. The van der Waals surface area contributed by atoms with Crippen LogP contribution in [-0.2, 0) is 0 Å². The molecule has 0 aromatic heterocycles. The van der Waals surface area contributed by atoms with Gasteiger partial charge in [-0.3, -0.25) is 0 Å². The Hall–Kier alpha value is -0.273. The topological polar surface area (TPSA) is 0 Å². The largest absolute Gasteiger partial charge is 0.127 e. The fraction of sp³-hybridized carbons (Fsp3) is 0.760. The van der Waals surface area contributed by atoms with Gasteiger partial charge < -0.3 is 0 Å². The van der Waals surface area contributed by atoms with E-state index in [1.807, 2.05) is 18.2 Å². The predicted octanol–water partition coefficient (Wildman–Crippen LogP) is 8.25. The van der Waals surface area contributed by atoms with Crippen LogP contribution in [0.3, 0.4) is 0 Å². The summed E-state index contributed by atoms with van der Waals surface area (Å²) in [5.74, 6) is 0.847. The van der Waals surface area contributed by atoms with Gasteiger partial charge in [-0.25, -0.2) is 0 Å². The lowest BCUT2D eigenvalue weighted by molar-refractivity contribution is 0.531. The third-order valence-corrected chi connectivity index (χ3v) is 6.15. The molecule has 1 aromatic carbocycles. The lowest BCUT2D eigenvalue weighted by atomic mass is 10.0. The van der Waals surface area contributed by atoms with Crippen molar-refractivity contribution in [2.75, 3.05) is 5.88 Å². The van der Waals surface area contributed by atoms with Crippen molar-refractivity contribution in [3.05, 3.63) is 35.9 Å². The molecule has 1 rings (SSSR count). The van der Waals surface area contributed by atoms with Crippen molar-refractivity contribution in [1.29, 1.82) is 0 Å². The van der Waals surface area contributed by atoms with Crippen LogP contribution in [0.15, 0.2) is 30.3 Å². The summed E-state index contributed by atoms with van der Waals surface area (Å²) in [5, 5.41) is 0. The number of unbranched alkanes of at least 4 members (excludes halogenated alkanes) is 15. The van der Waals surface area contributed by atoms with E-state index < -0.39 is 0 Å². The molecule has 0 unspecified atom stereocenters. The van der Waals surface area contributed by atoms with Crippen molar-refractivity contribution in [1.82, 2.24) is 0 Å². The maximum atomic E-state index is 5.67. The Labute approximate surface area is 179 Å². The van der Waals surface area contributed by atoms with Gasteiger partial charge in [0.25, 0.3) is 0 Å². The van der Waals surface area contributed by atoms with Crippen LogP contribution in [0, 0.1) is 6.92 Å². The second-order valence-electron chi connectivity index (χ2n) is 8.00. The molecule has 0 fully saturated rings. The molecule has 2 heteroatoms. The van der Waals surface area contributed by atoms with Gasteiger partial charge in [-0.1, -0.05) is 138 Å². The normalized spacial score (nSPS) is 10.6. The first-order valence-corrected chi connectivity index (χ1v) is 13.8. The van der Waals surface area contributed by atoms with Gasteiger partial charge in [-0.15, -0.1) is 11.6 Å². The summed E-state index contributed by atoms with van der Waals surface area (Å²) in [6.45, 7) is 2.08.